The van der Waals surface area contributed by atoms with Gasteiger partial charge in [0.1, 0.15) is 5.60 Å². The summed E-state index contributed by atoms with van der Waals surface area (Å²) in [4.78, 5) is 11.8. The summed E-state index contributed by atoms with van der Waals surface area (Å²) < 4.78 is 31.6. The monoisotopic (exact) mass is 346 g/mol. The van der Waals surface area contributed by atoms with Crippen LogP contribution in [-0.2, 0) is 18.2 Å². The second kappa shape index (κ2) is 8.96. The Morgan fingerprint density at radius 3 is 2.50 bits per heavy atom. The van der Waals surface area contributed by atoms with E-state index in [2.05, 4.69) is 15.7 Å². The number of carbonyl (C=O) groups is 1. The molecule has 138 valence electrons. The molecule has 0 radical (unpaired) electrons. The molecule has 1 heterocycles. The van der Waals surface area contributed by atoms with E-state index in [0.29, 0.717) is 19.5 Å². The van der Waals surface area contributed by atoms with E-state index in [1.54, 1.807) is 31.6 Å². The Kier molecular flexibility index (Phi) is 7.59. The molecule has 24 heavy (non-hydrogen) atoms. The first-order valence-corrected chi connectivity index (χ1v) is 8.01. The Morgan fingerprint density at radius 2 is 2.00 bits per heavy atom. The maximum atomic E-state index is 12.3. The quantitative estimate of drug-likeness (QED) is 0.758. The Morgan fingerprint density at radius 1 is 1.33 bits per heavy atom. The van der Waals surface area contributed by atoms with Crippen molar-refractivity contribution in [2.45, 2.75) is 46.1 Å². The normalized spacial score (nSPS) is 13.2. The first-order chi connectivity index (χ1) is 11.1. The van der Waals surface area contributed by atoms with E-state index in [1.165, 1.54) is 0 Å². The largest absolute Gasteiger partial charge is 0.444 e. The first kappa shape index (κ1) is 20.3. The van der Waals surface area contributed by atoms with Gasteiger partial charge in [-0.1, -0.05) is 0 Å². The highest BCUT2D eigenvalue weighted by Gasteiger charge is 2.19. The summed E-state index contributed by atoms with van der Waals surface area (Å²) in [6, 6.07) is 0. The minimum Gasteiger partial charge on any atom is -0.444 e. The van der Waals surface area contributed by atoms with Gasteiger partial charge in [-0.05, 0) is 45.6 Å². The third-order valence-corrected chi connectivity index (χ3v) is 3.51. The summed E-state index contributed by atoms with van der Waals surface area (Å²) in [6.45, 7) is 7.64. The zero-order valence-corrected chi connectivity index (χ0v) is 15.0. The molecular weight excluding hydrogens is 318 g/mol. The molecule has 0 aliphatic heterocycles. The third kappa shape index (κ3) is 7.72. The van der Waals surface area contributed by atoms with Crippen LogP contribution in [0.15, 0.2) is 6.20 Å². The number of halogens is 2. The van der Waals surface area contributed by atoms with Crippen LogP contribution in [-0.4, -0.2) is 47.5 Å². The lowest BCUT2D eigenvalue weighted by Gasteiger charge is -2.22. The van der Waals surface area contributed by atoms with E-state index in [4.69, 9.17) is 4.74 Å². The number of rotatable bonds is 8. The molecule has 1 aromatic heterocycles. The number of nitrogens with zero attached hydrogens (tertiary/aromatic N) is 2. The third-order valence-electron chi connectivity index (χ3n) is 3.51. The molecule has 0 aliphatic carbocycles. The van der Waals surface area contributed by atoms with Gasteiger partial charge < -0.3 is 15.4 Å². The number of carbonyl (C=O) groups excluding carboxylic acids is 1. The molecular formula is C16H28F2N4O2. The first-order valence-electron chi connectivity index (χ1n) is 8.01. The molecule has 0 bridgehead atoms. The number of nitrogens with one attached hydrogen (secondary N) is 2. The van der Waals surface area contributed by atoms with Crippen LogP contribution in [0.25, 0.3) is 0 Å². The van der Waals surface area contributed by atoms with Crippen LogP contribution in [0.1, 0.15) is 32.0 Å². The van der Waals surface area contributed by atoms with Gasteiger partial charge in [0.15, 0.2) is 0 Å². The van der Waals surface area contributed by atoms with Gasteiger partial charge in [-0.15, -0.1) is 0 Å². The Bertz CT molecular complexity index is 527. The van der Waals surface area contributed by atoms with Gasteiger partial charge in [0.05, 0.1) is 12.7 Å². The van der Waals surface area contributed by atoms with E-state index in [-0.39, 0.29) is 12.5 Å². The van der Waals surface area contributed by atoms with Gasteiger partial charge in [0, 0.05) is 25.8 Å². The van der Waals surface area contributed by atoms with E-state index >= 15 is 0 Å². The molecule has 1 aromatic rings. The Hall–Kier alpha value is -1.70. The average molecular weight is 346 g/mol. The number of hydrogen-bond donors (Lipinski definition) is 2. The van der Waals surface area contributed by atoms with Crippen molar-refractivity contribution in [2.75, 3.05) is 19.6 Å². The van der Waals surface area contributed by atoms with Crippen molar-refractivity contribution in [1.29, 1.82) is 0 Å². The predicted molar refractivity (Wildman–Crippen MR) is 88.2 cm³/mol. The standard InChI is InChI=1S/C16H28F2N4O2/c1-11-13(9-21-22(11)5)6-12(7-19-10-14(17)18)8-20-15(23)24-16(2,3)4/h9,12,14,19H,6-8,10H2,1-5H3,(H,20,23). The summed E-state index contributed by atoms with van der Waals surface area (Å²) in [5, 5.41) is 9.63. The van der Waals surface area contributed by atoms with Gasteiger partial charge in [-0.25, -0.2) is 13.6 Å². The summed E-state index contributed by atoms with van der Waals surface area (Å²) in [6.07, 6.45) is -0.511. The second-order valence-electron chi connectivity index (χ2n) is 6.88. The molecule has 0 spiro atoms. The minimum atomic E-state index is -2.40. The van der Waals surface area contributed by atoms with Crippen molar-refractivity contribution < 1.29 is 18.3 Å². The van der Waals surface area contributed by atoms with E-state index < -0.39 is 18.1 Å². The van der Waals surface area contributed by atoms with Crippen LogP contribution in [0.2, 0.25) is 0 Å². The van der Waals surface area contributed by atoms with Crippen molar-refractivity contribution in [1.82, 2.24) is 20.4 Å². The van der Waals surface area contributed by atoms with Crippen LogP contribution >= 0.6 is 0 Å². The van der Waals surface area contributed by atoms with Gasteiger partial charge >= 0.3 is 6.09 Å². The summed E-state index contributed by atoms with van der Waals surface area (Å²) >= 11 is 0. The van der Waals surface area contributed by atoms with Crippen molar-refractivity contribution >= 4 is 6.09 Å². The van der Waals surface area contributed by atoms with Crippen molar-refractivity contribution in [3.05, 3.63) is 17.5 Å². The summed E-state index contributed by atoms with van der Waals surface area (Å²) in [5.41, 5.74) is 1.48. The lowest BCUT2D eigenvalue weighted by molar-refractivity contribution is 0.0518. The highest BCUT2D eigenvalue weighted by atomic mass is 19.3. The van der Waals surface area contributed by atoms with E-state index in [1.807, 2.05) is 14.0 Å². The van der Waals surface area contributed by atoms with E-state index in [0.717, 1.165) is 11.3 Å². The maximum absolute atomic E-state index is 12.3. The number of aryl methyl sites for hydroxylation is 1. The van der Waals surface area contributed by atoms with Crippen LogP contribution < -0.4 is 10.6 Å². The zero-order valence-electron chi connectivity index (χ0n) is 15.0. The van der Waals surface area contributed by atoms with Crippen LogP contribution in [0.3, 0.4) is 0 Å². The number of aromatic nitrogens is 2. The number of amides is 1. The molecule has 0 saturated heterocycles. The SMILES string of the molecule is Cc1c(CC(CNCC(F)F)CNC(=O)OC(C)(C)C)cnn1C. The number of alkyl carbamates (subject to hydrolysis) is 1. The number of alkyl halides is 2. The Balaban J connectivity index is 2.60. The van der Waals surface area contributed by atoms with Crippen molar-refractivity contribution in [2.24, 2.45) is 13.0 Å². The molecule has 6 nitrogen and oxygen atoms in total. The maximum Gasteiger partial charge on any atom is 0.407 e. The predicted octanol–water partition coefficient (Wildman–Crippen LogP) is 2.27. The van der Waals surface area contributed by atoms with Crippen LogP contribution in [0.5, 0.6) is 0 Å². The molecule has 0 saturated carbocycles. The van der Waals surface area contributed by atoms with E-state index in [9.17, 15) is 13.6 Å². The summed E-state index contributed by atoms with van der Waals surface area (Å²) in [5.74, 6) is -0.0424. The zero-order chi connectivity index (χ0) is 18.3. The fourth-order valence-electron chi connectivity index (χ4n) is 2.21. The summed E-state index contributed by atoms with van der Waals surface area (Å²) in [7, 11) is 1.85. The average Bonchev–Trinajstić information content (AvgIpc) is 2.74. The lowest BCUT2D eigenvalue weighted by atomic mass is 9.99. The fourth-order valence-corrected chi connectivity index (χ4v) is 2.21. The Labute approximate surface area is 141 Å². The van der Waals surface area contributed by atoms with Gasteiger partial charge in [0.2, 0.25) is 0 Å². The van der Waals surface area contributed by atoms with Gasteiger partial charge in [-0.2, -0.15) is 5.10 Å². The topological polar surface area (TPSA) is 68.2 Å². The smallest absolute Gasteiger partial charge is 0.407 e. The number of hydrogen-bond acceptors (Lipinski definition) is 4. The minimum absolute atomic E-state index is 0.0424. The lowest BCUT2D eigenvalue weighted by Crippen LogP contribution is -2.39. The molecule has 1 unspecified atom stereocenters. The molecule has 0 aliphatic rings. The molecule has 1 amide bonds. The van der Waals surface area contributed by atoms with Gasteiger partial charge in [-0.3, -0.25) is 4.68 Å². The number of ether oxygens (including phenoxy) is 1. The molecule has 0 aromatic carbocycles. The molecule has 8 heteroatoms. The molecule has 1 rings (SSSR count). The van der Waals surface area contributed by atoms with Crippen molar-refractivity contribution in [3.8, 4) is 0 Å². The molecule has 2 N–H and O–H groups in total. The van der Waals surface area contributed by atoms with Crippen LogP contribution in [0, 0.1) is 12.8 Å². The van der Waals surface area contributed by atoms with Crippen molar-refractivity contribution in [3.63, 3.8) is 0 Å². The highest BCUT2D eigenvalue weighted by Crippen LogP contribution is 2.13. The molecule has 1 atom stereocenters. The molecule has 0 fully saturated rings. The fraction of sp³-hybridized carbons (Fsp3) is 0.750. The highest BCUT2D eigenvalue weighted by molar-refractivity contribution is 5.67. The second-order valence-corrected chi connectivity index (χ2v) is 6.88. The van der Waals surface area contributed by atoms with Gasteiger partial charge in [0.25, 0.3) is 6.43 Å². The van der Waals surface area contributed by atoms with Crippen LogP contribution in [0.4, 0.5) is 13.6 Å².